The topological polar surface area (TPSA) is 55.8 Å². The van der Waals surface area contributed by atoms with Crippen LogP contribution in [0, 0.1) is 18.7 Å². The molecule has 2 aromatic rings. The number of benzene rings is 2. The standard InChI is InChI=1S/C21H22FNO4/c1-14-3-8-18(19(13-14)26-2)27-21(25)16-9-11-23(12-10-16)20(24)15-4-6-17(22)7-5-15/h3-8,13,16H,9-12H2,1-2H3. The minimum absolute atomic E-state index is 0.151. The van der Waals surface area contributed by atoms with E-state index in [0.29, 0.717) is 43.0 Å². The molecule has 1 saturated heterocycles. The van der Waals surface area contributed by atoms with E-state index in [1.54, 1.807) is 11.0 Å². The number of aryl methyl sites for hydroxylation is 1. The highest BCUT2D eigenvalue weighted by Crippen LogP contribution is 2.30. The fraction of sp³-hybridized carbons (Fsp3) is 0.333. The highest BCUT2D eigenvalue weighted by molar-refractivity contribution is 5.94. The van der Waals surface area contributed by atoms with E-state index in [1.165, 1.54) is 31.4 Å². The maximum absolute atomic E-state index is 13.0. The van der Waals surface area contributed by atoms with Crippen LogP contribution in [0.25, 0.3) is 0 Å². The number of halogens is 1. The zero-order valence-electron chi connectivity index (χ0n) is 15.4. The van der Waals surface area contributed by atoms with Crippen molar-refractivity contribution in [1.82, 2.24) is 4.90 Å². The highest BCUT2D eigenvalue weighted by Gasteiger charge is 2.29. The molecule has 142 valence electrons. The van der Waals surface area contributed by atoms with Gasteiger partial charge in [-0.2, -0.15) is 0 Å². The smallest absolute Gasteiger partial charge is 0.314 e. The summed E-state index contributed by atoms with van der Waals surface area (Å²) in [7, 11) is 1.53. The van der Waals surface area contributed by atoms with Gasteiger partial charge in [0, 0.05) is 18.7 Å². The molecule has 5 nitrogen and oxygen atoms in total. The summed E-state index contributed by atoms with van der Waals surface area (Å²) in [6.07, 6.45) is 1.06. The van der Waals surface area contributed by atoms with Gasteiger partial charge in [-0.1, -0.05) is 6.07 Å². The van der Waals surface area contributed by atoms with Gasteiger partial charge in [0.05, 0.1) is 13.0 Å². The quantitative estimate of drug-likeness (QED) is 0.609. The Hall–Kier alpha value is -2.89. The Kier molecular flexibility index (Phi) is 5.74. The van der Waals surface area contributed by atoms with Crippen molar-refractivity contribution in [2.75, 3.05) is 20.2 Å². The van der Waals surface area contributed by atoms with E-state index in [9.17, 15) is 14.0 Å². The molecule has 27 heavy (non-hydrogen) atoms. The van der Waals surface area contributed by atoms with Crippen LogP contribution >= 0.6 is 0 Å². The second kappa shape index (κ2) is 8.20. The highest BCUT2D eigenvalue weighted by atomic mass is 19.1. The Bertz CT molecular complexity index is 827. The van der Waals surface area contributed by atoms with Crippen molar-refractivity contribution < 1.29 is 23.5 Å². The Balaban J connectivity index is 1.58. The van der Waals surface area contributed by atoms with Gasteiger partial charge in [0.25, 0.3) is 5.91 Å². The number of ether oxygens (including phenoxy) is 2. The Labute approximate surface area is 157 Å². The van der Waals surface area contributed by atoms with Crippen LogP contribution < -0.4 is 9.47 Å². The van der Waals surface area contributed by atoms with E-state index in [2.05, 4.69) is 0 Å². The van der Waals surface area contributed by atoms with E-state index >= 15 is 0 Å². The summed E-state index contributed by atoms with van der Waals surface area (Å²) in [4.78, 5) is 26.6. The molecular weight excluding hydrogens is 349 g/mol. The molecule has 0 saturated carbocycles. The number of carbonyl (C=O) groups is 2. The maximum atomic E-state index is 13.0. The first kappa shape index (κ1) is 18.9. The average molecular weight is 371 g/mol. The summed E-state index contributed by atoms with van der Waals surface area (Å²) in [6, 6.07) is 10.9. The number of methoxy groups -OCH3 is 1. The van der Waals surface area contributed by atoms with Crippen molar-refractivity contribution in [3.05, 3.63) is 59.4 Å². The molecule has 2 aromatic carbocycles. The number of carbonyl (C=O) groups excluding carboxylic acids is 2. The second-order valence-electron chi connectivity index (χ2n) is 6.65. The van der Waals surface area contributed by atoms with Gasteiger partial charge in [-0.3, -0.25) is 9.59 Å². The molecule has 1 aliphatic rings. The molecule has 1 amide bonds. The van der Waals surface area contributed by atoms with Crippen LogP contribution in [-0.2, 0) is 4.79 Å². The minimum atomic E-state index is -0.375. The van der Waals surface area contributed by atoms with Crippen LogP contribution in [0.15, 0.2) is 42.5 Å². The van der Waals surface area contributed by atoms with Crippen LogP contribution in [0.5, 0.6) is 11.5 Å². The van der Waals surface area contributed by atoms with E-state index in [0.717, 1.165) is 5.56 Å². The van der Waals surface area contributed by atoms with Gasteiger partial charge in [-0.25, -0.2) is 4.39 Å². The molecule has 6 heteroatoms. The normalized spacial score (nSPS) is 14.7. The molecule has 1 fully saturated rings. The van der Waals surface area contributed by atoms with E-state index in [4.69, 9.17) is 9.47 Å². The maximum Gasteiger partial charge on any atom is 0.314 e. The third-order valence-electron chi connectivity index (χ3n) is 4.74. The summed E-state index contributed by atoms with van der Waals surface area (Å²) >= 11 is 0. The fourth-order valence-corrected chi connectivity index (χ4v) is 3.14. The van der Waals surface area contributed by atoms with Crippen molar-refractivity contribution in [3.8, 4) is 11.5 Å². The second-order valence-corrected chi connectivity index (χ2v) is 6.65. The summed E-state index contributed by atoms with van der Waals surface area (Å²) < 4.78 is 23.8. The van der Waals surface area contributed by atoms with Gasteiger partial charge >= 0.3 is 5.97 Å². The lowest BCUT2D eigenvalue weighted by atomic mass is 9.96. The molecule has 0 unspecified atom stereocenters. The summed E-state index contributed by atoms with van der Waals surface area (Å²) in [5, 5.41) is 0. The third kappa shape index (κ3) is 4.45. The van der Waals surface area contributed by atoms with Crippen LogP contribution in [-0.4, -0.2) is 37.0 Å². The summed E-state index contributed by atoms with van der Waals surface area (Å²) in [6.45, 7) is 2.85. The molecule has 1 aliphatic heterocycles. The van der Waals surface area contributed by atoms with E-state index in [-0.39, 0.29) is 23.6 Å². The molecule has 0 radical (unpaired) electrons. The predicted octanol–water partition coefficient (Wildman–Crippen LogP) is 3.60. The van der Waals surface area contributed by atoms with Crippen molar-refractivity contribution >= 4 is 11.9 Å². The minimum Gasteiger partial charge on any atom is -0.493 e. The molecule has 0 bridgehead atoms. The van der Waals surface area contributed by atoms with E-state index < -0.39 is 0 Å². The molecule has 0 aliphatic carbocycles. The number of hydrogen-bond acceptors (Lipinski definition) is 4. The SMILES string of the molecule is COc1cc(C)ccc1OC(=O)C1CCN(C(=O)c2ccc(F)cc2)CC1. The molecule has 3 rings (SSSR count). The van der Waals surface area contributed by atoms with Crippen molar-refractivity contribution in [2.45, 2.75) is 19.8 Å². The fourth-order valence-electron chi connectivity index (χ4n) is 3.14. The lowest BCUT2D eigenvalue weighted by Crippen LogP contribution is -2.41. The zero-order valence-corrected chi connectivity index (χ0v) is 15.4. The lowest BCUT2D eigenvalue weighted by molar-refractivity contribution is -0.140. The first-order valence-corrected chi connectivity index (χ1v) is 8.89. The van der Waals surface area contributed by atoms with Gasteiger partial charge in [0.15, 0.2) is 11.5 Å². The molecule has 0 N–H and O–H groups in total. The van der Waals surface area contributed by atoms with Gasteiger partial charge in [0.2, 0.25) is 0 Å². The van der Waals surface area contributed by atoms with Crippen molar-refractivity contribution in [1.29, 1.82) is 0 Å². The molecule has 0 atom stereocenters. The van der Waals surface area contributed by atoms with Crippen molar-refractivity contribution in [2.24, 2.45) is 5.92 Å². The summed E-state index contributed by atoms with van der Waals surface area (Å²) in [5.74, 6) is -0.189. The molecule has 1 heterocycles. The summed E-state index contributed by atoms with van der Waals surface area (Å²) in [5.41, 5.74) is 1.46. The predicted molar refractivity (Wildman–Crippen MR) is 98.4 cm³/mol. The Morgan fingerprint density at radius 1 is 1.04 bits per heavy atom. The molecule has 0 spiro atoms. The number of amides is 1. The van der Waals surface area contributed by atoms with Crippen LogP contribution in [0.4, 0.5) is 4.39 Å². The first-order chi connectivity index (χ1) is 13.0. The van der Waals surface area contributed by atoms with Gasteiger partial charge < -0.3 is 14.4 Å². The number of piperidine rings is 1. The van der Waals surface area contributed by atoms with Crippen LogP contribution in [0.1, 0.15) is 28.8 Å². The number of nitrogens with zero attached hydrogens (tertiary/aromatic N) is 1. The lowest BCUT2D eigenvalue weighted by Gasteiger charge is -2.31. The average Bonchev–Trinajstić information content (AvgIpc) is 2.69. The zero-order chi connectivity index (χ0) is 19.4. The number of likely N-dealkylation sites (tertiary alicyclic amines) is 1. The van der Waals surface area contributed by atoms with Gasteiger partial charge in [-0.05, 0) is 61.7 Å². The largest absolute Gasteiger partial charge is 0.493 e. The number of rotatable bonds is 4. The number of hydrogen-bond donors (Lipinski definition) is 0. The molecular formula is C21H22FNO4. The Morgan fingerprint density at radius 3 is 2.33 bits per heavy atom. The monoisotopic (exact) mass is 371 g/mol. The first-order valence-electron chi connectivity index (χ1n) is 8.89. The van der Waals surface area contributed by atoms with Gasteiger partial charge in [-0.15, -0.1) is 0 Å². The van der Waals surface area contributed by atoms with Gasteiger partial charge in [0.1, 0.15) is 5.82 Å². The van der Waals surface area contributed by atoms with Crippen LogP contribution in [0.3, 0.4) is 0 Å². The van der Waals surface area contributed by atoms with Crippen molar-refractivity contribution in [3.63, 3.8) is 0 Å². The number of esters is 1. The third-order valence-corrected chi connectivity index (χ3v) is 4.74. The Morgan fingerprint density at radius 2 is 1.70 bits per heavy atom. The molecule has 0 aromatic heterocycles. The van der Waals surface area contributed by atoms with Crippen LogP contribution in [0.2, 0.25) is 0 Å². The van der Waals surface area contributed by atoms with E-state index in [1.807, 2.05) is 19.1 Å².